The molecule has 0 rings (SSSR count). The number of likely N-dealkylation sites (N-methyl/N-ethyl adjacent to an activating group) is 1. The molecular formula is C8H16N2O3. The van der Waals surface area contributed by atoms with Crippen molar-refractivity contribution in [3.05, 3.63) is 0 Å². The monoisotopic (exact) mass is 188 g/mol. The van der Waals surface area contributed by atoms with E-state index in [9.17, 15) is 9.59 Å². The fourth-order valence-electron chi connectivity index (χ4n) is 0.773. The number of urea groups is 1. The summed E-state index contributed by atoms with van der Waals surface area (Å²) in [6.07, 6.45) is 0. The minimum Gasteiger partial charge on any atom is -0.464 e. The van der Waals surface area contributed by atoms with Crippen LogP contribution in [0.1, 0.15) is 13.8 Å². The molecule has 0 aliphatic heterocycles. The third kappa shape index (κ3) is 3.31. The first-order valence-electron chi connectivity index (χ1n) is 4.15. The molecule has 0 bridgehead atoms. The number of rotatable bonds is 3. The Hall–Kier alpha value is -1.26. The second kappa shape index (κ2) is 5.40. The van der Waals surface area contributed by atoms with E-state index >= 15 is 0 Å². The van der Waals surface area contributed by atoms with E-state index in [0.29, 0.717) is 6.61 Å². The summed E-state index contributed by atoms with van der Waals surface area (Å²) in [5.41, 5.74) is 0. The Kier molecular flexibility index (Phi) is 4.87. The molecule has 76 valence electrons. The third-order valence-electron chi connectivity index (χ3n) is 1.74. The predicted molar refractivity (Wildman–Crippen MR) is 48.3 cm³/mol. The number of ether oxygens (including phenoxy) is 1. The van der Waals surface area contributed by atoms with Gasteiger partial charge in [-0.2, -0.15) is 0 Å². The van der Waals surface area contributed by atoms with E-state index in [1.807, 2.05) is 0 Å². The van der Waals surface area contributed by atoms with Gasteiger partial charge in [-0.3, -0.25) is 0 Å². The average molecular weight is 188 g/mol. The molecule has 0 unspecified atom stereocenters. The lowest BCUT2D eigenvalue weighted by molar-refractivity contribution is -0.147. The lowest BCUT2D eigenvalue weighted by Crippen LogP contribution is -2.45. The van der Waals surface area contributed by atoms with Crippen LogP contribution in [0, 0.1) is 0 Å². The molecule has 0 aromatic carbocycles. The molecule has 0 fully saturated rings. The Labute approximate surface area is 78.0 Å². The number of hydrogen-bond donors (Lipinski definition) is 1. The fourth-order valence-corrected chi connectivity index (χ4v) is 0.773. The van der Waals surface area contributed by atoms with Gasteiger partial charge < -0.3 is 15.0 Å². The van der Waals surface area contributed by atoms with Crippen LogP contribution in [-0.4, -0.2) is 43.6 Å². The SMILES string of the molecule is CCOC(=O)[C@@H](C)N(C)C(=O)NC. The van der Waals surface area contributed by atoms with Gasteiger partial charge in [0.1, 0.15) is 6.04 Å². The van der Waals surface area contributed by atoms with E-state index < -0.39 is 12.0 Å². The second-order valence-electron chi connectivity index (χ2n) is 2.59. The third-order valence-corrected chi connectivity index (χ3v) is 1.74. The highest BCUT2D eigenvalue weighted by molar-refractivity contribution is 5.82. The van der Waals surface area contributed by atoms with Crippen molar-refractivity contribution < 1.29 is 14.3 Å². The fraction of sp³-hybridized carbons (Fsp3) is 0.750. The van der Waals surface area contributed by atoms with Crippen molar-refractivity contribution in [2.24, 2.45) is 0 Å². The predicted octanol–water partition coefficient (Wildman–Crippen LogP) is 0.209. The van der Waals surface area contributed by atoms with E-state index in [2.05, 4.69) is 5.32 Å². The number of amides is 2. The van der Waals surface area contributed by atoms with Crippen molar-refractivity contribution in [2.45, 2.75) is 19.9 Å². The highest BCUT2D eigenvalue weighted by Gasteiger charge is 2.22. The minimum absolute atomic E-state index is 0.305. The Morgan fingerprint density at radius 3 is 2.46 bits per heavy atom. The van der Waals surface area contributed by atoms with Crippen LogP contribution in [0.4, 0.5) is 4.79 Å². The zero-order chi connectivity index (χ0) is 10.4. The number of nitrogens with zero attached hydrogens (tertiary/aromatic N) is 1. The first kappa shape index (κ1) is 11.7. The van der Waals surface area contributed by atoms with Gasteiger partial charge in [0.15, 0.2) is 0 Å². The molecule has 1 atom stereocenters. The van der Waals surface area contributed by atoms with Crippen molar-refractivity contribution in [3.63, 3.8) is 0 Å². The largest absolute Gasteiger partial charge is 0.464 e. The summed E-state index contributed by atoms with van der Waals surface area (Å²) in [5.74, 6) is -0.395. The number of carbonyl (C=O) groups is 2. The molecular weight excluding hydrogens is 172 g/mol. The molecule has 0 aliphatic rings. The Balaban J connectivity index is 4.16. The molecule has 0 radical (unpaired) electrons. The normalized spacial score (nSPS) is 11.7. The lowest BCUT2D eigenvalue weighted by Gasteiger charge is -2.22. The maximum absolute atomic E-state index is 11.2. The topological polar surface area (TPSA) is 58.6 Å². The molecule has 13 heavy (non-hydrogen) atoms. The Morgan fingerprint density at radius 2 is 2.08 bits per heavy atom. The summed E-state index contributed by atoms with van der Waals surface area (Å²) in [6, 6.07) is -0.861. The highest BCUT2D eigenvalue weighted by atomic mass is 16.5. The van der Waals surface area contributed by atoms with Crippen LogP contribution in [-0.2, 0) is 9.53 Å². The summed E-state index contributed by atoms with van der Waals surface area (Å²) in [4.78, 5) is 23.5. The van der Waals surface area contributed by atoms with Gasteiger partial charge in [-0.25, -0.2) is 9.59 Å². The zero-order valence-electron chi connectivity index (χ0n) is 8.46. The molecule has 0 spiro atoms. The molecule has 5 nitrogen and oxygen atoms in total. The van der Waals surface area contributed by atoms with Crippen LogP contribution in [0.15, 0.2) is 0 Å². The van der Waals surface area contributed by atoms with Crippen molar-refractivity contribution in [1.82, 2.24) is 10.2 Å². The van der Waals surface area contributed by atoms with Crippen molar-refractivity contribution >= 4 is 12.0 Å². The number of esters is 1. The van der Waals surface area contributed by atoms with E-state index in [0.717, 1.165) is 0 Å². The van der Waals surface area contributed by atoms with E-state index in [1.165, 1.54) is 11.9 Å². The summed E-state index contributed by atoms with van der Waals surface area (Å²) in [5, 5.41) is 2.42. The smallest absolute Gasteiger partial charge is 0.328 e. The Bertz CT molecular complexity index is 194. The van der Waals surface area contributed by atoms with Crippen LogP contribution in [0.3, 0.4) is 0 Å². The van der Waals surface area contributed by atoms with Gasteiger partial charge >= 0.3 is 12.0 Å². The number of nitrogens with one attached hydrogen (secondary N) is 1. The van der Waals surface area contributed by atoms with E-state index in [-0.39, 0.29) is 6.03 Å². The lowest BCUT2D eigenvalue weighted by atomic mass is 10.3. The quantitative estimate of drug-likeness (QED) is 0.644. The highest BCUT2D eigenvalue weighted by Crippen LogP contribution is 1.98. The van der Waals surface area contributed by atoms with E-state index in [4.69, 9.17) is 4.74 Å². The van der Waals surface area contributed by atoms with Crippen LogP contribution in [0.25, 0.3) is 0 Å². The minimum atomic E-state index is -0.556. The molecule has 1 N–H and O–H groups in total. The second-order valence-corrected chi connectivity index (χ2v) is 2.59. The zero-order valence-corrected chi connectivity index (χ0v) is 8.46. The van der Waals surface area contributed by atoms with Crippen LogP contribution >= 0.6 is 0 Å². The van der Waals surface area contributed by atoms with E-state index in [1.54, 1.807) is 20.9 Å². The van der Waals surface area contributed by atoms with Crippen molar-refractivity contribution in [3.8, 4) is 0 Å². The molecule has 0 aromatic heterocycles. The van der Waals surface area contributed by atoms with Gasteiger partial charge in [0, 0.05) is 14.1 Å². The maximum Gasteiger partial charge on any atom is 0.328 e. The summed E-state index contributed by atoms with van der Waals surface area (Å²) in [6.45, 7) is 3.67. The first-order valence-corrected chi connectivity index (χ1v) is 4.15. The van der Waals surface area contributed by atoms with Crippen LogP contribution in [0.2, 0.25) is 0 Å². The average Bonchev–Trinajstić information content (AvgIpc) is 2.14. The van der Waals surface area contributed by atoms with Gasteiger partial charge in [-0.05, 0) is 13.8 Å². The summed E-state index contributed by atoms with van der Waals surface area (Å²) in [7, 11) is 3.05. The molecule has 2 amide bonds. The molecule has 0 aromatic rings. The van der Waals surface area contributed by atoms with Crippen LogP contribution < -0.4 is 5.32 Å². The number of hydrogen-bond acceptors (Lipinski definition) is 3. The van der Waals surface area contributed by atoms with Gasteiger partial charge in [-0.1, -0.05) is 0 Å². The summed E-state index contributed by atoms with van der Waals surface area (Å²) >= 11 is 0. The van der Waals surface area contributed by atoms with Crippen molar-refractivity contribution in [2.75, 3.05) is 20.7 Å². The van der Waals surface area contributed by atoms with Crippen LogP contribution in [0.5, 0.6) is 0 Å². The maximum atomic E-state index is 11.2. The van der Waals surface area contributed by atoms with Gasteiger partial charge in [0.05, 0.1) is 6.61 Å². The summed E-state index contributed by atoms with van der Waals surface area (Å²) < 4.78 is 4.76. The van der Waals surface area contributed by atoms with Gasteiger partial charge in [-0.15, -0.1) is 0 Å². The molecule has 0 saturated carbocycles. The Morgan fingerprint density at radius 1 is 1.54 bits per heavy atom. The molecule has 0 saturated heterocycles. The molecule has 0 aliphatic carbocycles. The number of carbonyl (C=O) groups excluding carboxylic acids is 2. The van der Waals surface area contributed by atoms with Gasteiger partial charge in [0.25, 0.3) is 0 Å². The standard InChI is InChI=1S/C8H16N2O3/c1-5-13-7(11)6(2)10(4)8(12)9-3/h6H,5H2,1-4H3,(H,9,12)/t6-/m1/s1. The molecule has 5 heteroatoms. The van der Waals surface area contributed by atoms with Crippen molar-refractivity contribution in [1.29, 1.82) is 0 Å². The van der Waals surface area contributed by atoms with Gasteiger partial charge in [0.2, 0.25) is 0 Å². The molecule has 0 heterocycles. The first-order chi connectivity index (χ1) is 6.04.